The average molecular weight is 328 g/mol. The molecule has 0 saturated carbocycles. The van der Waals surface area contributed by atoms with Gasteiger partial charge in [0.05, 0.1) is 0 Å². The molecule has 0 unspecified atom stereocenters. The van der Waals surface area contributed by atoms with E-state index in [1.807, 2.05) is 6.07 Å². The number of hydrogen-bond acceptors (Lipinski definition) is 3. The van der Waals surface area contributed by atoms with Crippen LogP contribution in [0, 0.1) is 0 Å². The molecule has 1 rings (SSSR count). The summed E-state index contributed by atoms with van der Waals surface area (Å²) in [5.74, 6) is -0.754. The Bertz CT molecular complexity index is 480. The number of halogens is 1. The highest BCUT2D eigenvalue weighted by Gasteiger charge is 2.23. The lowest BCUT2D eigenvalue weighted by atomic mass is 10.2. The molecule has 0 bridgehead atoms. The van der Waals surface area contributed by atoms with Gasteiger partial charge in [0.25, 0.3) is 5.91 Å². The van der Waals surface area contributed by atoms with Crippen molar-refractivity contribution < 1.29 is 14.3 Å². The molecule has 5 heteroatoms. The predicted molar refractivity (Wildman–Crippen MR) is 76.9 cm³/mol. The monoisotopic (exact) mass is 327 g/mol. The van der Waals surface area contributed by atoms with Crippen LogP contribution in [0.2, 0.25) is 0 Å². The van der Waals surface area contributed by atoms with E-state index in [9.17, 15) is 9.59 Å². The largest absolute Gasteiger partial charge is 0.458 e. The van der Waals surface area contributed by atoms with E-state index >= 15 is 0 Å². The summed E-state index contributed by atoms with van der Waals surface area (Å²) in [5, 5.41) is 2.61. The first-order valence-electron chi connectivity index (χ1n) is 5.98. The third kappa shape index (κ3) is 5.42. The number of amides is 1. The van der Waals surface area contributed by atoms with E-state index < -0.39 is 17.6 Å². The van der Waals surface area contributed by atoms with Crippen molar-refractivity contribution in [1.29, 1.82) is 0 Å². The Morgan fingerprint density at radius 2 is 1.95 bits per heavy atom. The summed E-state index contributed by atoms with van der Waals surface area (Å²) in [6.45, 7) is 6.96. The number of nitrogens with one attached hydrogen (secondary N) is 1. The fourth-order valence-corrected chi connectivity index (χ4v) is 1.76. The predicted octanol–water partition coefficient (Wildman–Crippen LogP) is 2.91. The normalized spacial score (nSPS) is 12.7. The number of rotatable bonds is 3. The van der Waals surface area contributed by atoms with Gasteiger partial charge in [0.2, 0.25) is 0 Å². The van der Waals surface area contributed by atoms with E-state index in [2.05, 4.69) is 21.2 Å². The van der Waals surface area contributed by atoms with Crippen molar-refractivity contribution >= 4 is 27.8 Å². The van der Waals surface area contributed by atoms with Crippen LogP contribution in [0.5, 0.6) is 0 Å². The van der Waals surface area contributed by atoms with Gasteiger partial charge < -0.3 is 10.1 Å². The number of esters is 1. The van der Waals surface area contributed by atoms with Crippen LogP contribution in [0.25, 0.3) is 0 Å². The van der Waals surface area contributed by atoms with Crippen LogP contribution < -0.4 is 5.32 Å². The second-order valence-corrected chi connectivity index (χ2v) is 6.15. The fraction of sp³-hybridized carbons (Fsp3) is 0.429. The Morgan fingerprint density at radius 1 is 1.32 bits per heavy atom. The van der Waals surface area contributed by atoms with Gasteiger partial charge >= 0.3 is 5.97 Å². The van der Waals surface area contributed by atoms with Gasteiger partial charge in [-0.1, -0.05) is 22.0 Å². The summed E-state index contributed by atoms with van der Waals surface area (Å²) in [5.41, 5.74) is -0.0731. The van der Waals surface area contributed by atoms with Gasteiger partial charge in [0.15, 0.2) is 0 Å². The van der Waals surface area contributed by atoms with Crippen molar-refractivity contribution in [3.8, 4) is 0 Å². The summed E-state index contributed by atoms with van der Waals surface area (Å²) in [7, 11) is 0. The van der Waals surface area contributed by atoms with E-state index in [4.69, 9.17) is 4.74 Å². The van der Waals surface area contributed by atoms with Crippen LogP contribution in [-0.2, 0) is 9.53 Å². The van der Waals surface area contributed by atoms with Crippen LogP contribution in [0.3, 0.4) is 0 Å². The first-order chi connectivity index (χ1) is 8.69. The molecule has 1 atom stereocenters. The van der Waals surface area contributed by atoms with Gasteiger partial charge in [0, 0.05) is 10.0 Å². The number of hydrogen-bond donors (Lipinski definition) is 1. The Balaban J connectivity index is 2.64. The van der Waals surface area contributed by atoms with Gasteiger partial charge in [-0.3, -0.25) is 4.79 Å². The number of carbonyl (C=O) groups excluding carboxylic acids is 2. The van der Waals surface area contributed by atoms with Crippen molar-refractivity contribution in [2.24, 2.45) is 0 Å². The van der Waals surface area contributed by atoms with Gasteiger partial charge in [-0.05, 0) is 45.9 Å². The second-order valence-electron chi connectivity index (χ2n) is 5.24. The smallest absolute Gasteiger partial charge is 0.328 e. The summed E-state index contributed by atoms with van der Waals surface area (Å²) >= 11 is 3.29. The molecule has 0 saturated heterocycles. The van der Waals surface area contributed by atoms with Gasteiger partial charge in [-0.15, -0.1) is 0 Å². The first-order valence-corrected chi connectivity index (χ1v) is 6.77. The summed E-state index contributed by atoms with van der Waals surface area (Å²) in [4.78, 5) is 23.7. The third-order valence-electron chi connectivity index (χ3n) is 2.19. The lowest BCUT2D eigenvalue weighted by Gasteiger charge is -2.22. The molecule has 0 radical (unpaired) electrons. The molecule has 1 aromatic carbocycles. The molecular weight excluding hydrogens is 310 g/mol. The molecular formula is C14H18BrNO3. The highest BCUT2D eigenvalue weighted by atomic mass is 79.9. The van der Waals surface area contributed by atoms with Crippen LogP contribution in [0.15, 0.2) is 28.7 Å². The minimum absolute atomic E-state index is 0.306. The standard InChI is InChI=1S/C14H18BrNO3/c1-9(13(18)19-14(2,3)4)16-12(17)10-6-5-7-11(15)8-10/h5-9H,1-4H3,(H,16,17)/t9-/m1/s1. The Morgan fingerprint density at radius 3 is 2.47 bits per heavy atom. The molecule has 1 N–H and O–H groups in total. The summed E-state index contributed by atoms with van der Waals surface area (Å²) in [6, 6.07) is 6.27. The molecule has 0 heterocycles. The number of benzene rings is 1. The van der Waals surface area contributed by atoms with Crippen molar-refractivity contribution in [3.05, 3.63) is 34.3 Å². The topological polar surface area (TPSA) is 55.4 Å². The molecule has 0 aliphatic rings. The zero-order chi connectivity index (χ0) is 14.6. The number of ether oxygens (including phenoxy) is 1. The van der Waals surface area contributed by atoms with Crippen molar-refractivity contribution in [1.82, 2.24) is 5.32 Å². The maximum absolute atomic E-state index is 11.9. The highest BCUT2D eigenvalue weighted by molar-refractivity contribution is 9.10. The third-order valence-corrected chi connectivity index (χ3v) is 2.69. The van der Waals surface area contributed by atoms with Gasteiger partial charge in [-0.2, -0.15) is 0 Å². The van der Waals surface area contributed by atoms with E-state index in [0.717, 1.165) is 4.47 Å². The molecule has 1 amide bonds. The Hall–Kier alpha value is -1.36. The zero-order valence-electron chi connectivity index (χ0n) is 11.5. The van der Waals surface area contributed by atoms with Crippen molar-refractivity contribution in [2.75, 3.05) is 0 Å². The zero-order valence-corrected chi connectivity index (χ0v) is 13.1. The van der Waals surface area contributed by atoms with Crippen LogP contribution in [0.1, 0.15) is 38.1 Å². The first kappa shape index (κ1) is 15.7. The quantitative estimate of drug-likeness (QED) is 0.868. The molecule has 0 spiro atoms. The van der Waals surface area contributed by atoms with E-state index in [1.54, 1.807) is 45.9 Å². The average Bonchev–Trinajstić information content (AvgIpc) is 2.26. The summed E-state index contributed by atoms with van der Waals surface area (Å²) < 4.78 is 6.01. The van der Waals surface area contributed by atoms with Crippen LogP contribution in [0.4, 0.5) is 0 Å². The SMILES string of the molecule is C[C@@H](NC(=O)c1cccc(Br)c1)C(=O)OC(C)(C)C. The molecule has 1 aromatic rings. The molecule has 0 aromatic heterocycles. The minimum Gasteiger partial charge on any atom is -0.458 e. The maximum Gasteiger partial charge on any atom is 0.328 e. The lowest BCUT2D eigenvalue weighted by Crippen LogP contribution is -2.42. The van der Waals surface area contributed by atoms with E-state index in [0.29, 0.717) is 5.56 Å². The highest BCUT2D eigenvalue weighted by Crippen LogP contribution is 2.12. The van der Waals surface area contributed by atoms with E-state index in [1.165, 1.54) is 0 Å². The molecule has 0 aliphatic heterocycles. The van der Waals surface area contributed by atoms with Gasteiger partial charge in [0.1, 0.15) is 11.6 Å². The fourth-order valence-electron chi connectivity index (χ4n) is 1.36. The Labute approximate surface area is 121 Å². The minimum atomic E-state index is -0.689. The van der Waals surface area contributed by atoms with Crippen molar-refractivity contribution in [3.63, 3.8) is 0 Å². The lowest BCUT2D eigenvalue weighted by molar-refractivity contribution is -0.156. The molecule has 19 heavy (non-hydrogen) atoms. The maximum atomic E-state index is 11.9. The molecule has 0 fully saturated rings. The second kappa shape index (κ2) is 6.19. The Kier molecular flexibility index (Phi) is 5.11. The van der Waals surface area contributed by atoms with Gasteiger partial charge in [-0.25, -0.2) is 4.79 Å². The number of carbonyl (C=O) groups is 2. The van der Waals surface area contributed by atoms with E-state index in [-0.39, 0.29) is 5.91 Å². The van der Waals surface area contributed by atoms with Crippen LogP contribution in [-0.4, -0.2) is 23.5 Å². The summed E-state index contributed by atoms with van der Waals surface area (Å²) in [6.07, 6.45) is 0. The molecule has 4 nitrogen and oxygen atoms in total. The van der Waals surface area contributed by atoms with Crippen molar-refractivity contribution in [2.45, 2.75) is 39.3 Å². The molecule has 0 aliphatic carbocycles. The van der Waals surface area contributed by atoms with Crippen LogP contribution >= 0.6 is 15.9 Å². The molecule has 104 valence electrons.